The van der Waals surface area contributed by atoms with E-state index in [4.69, 9.17) is 18.9 Å². The van der Waals surface area contributed by atoms with Crippen LogP contribution in [0.4, 0.5) is 4.79 Å². The Morgan fingerprint density at radius 2 is 1.30 bits per heavy atom. The molecular weight excluding hydrogens is 926 g/mol. The zero-order valence-corrected chi connectivity index (χ0v) is 38.2. The molecule has 0 aliphatic carbocycles. The highest BCUT2D eigenvalue weighted by Crippen LogP contribution is 2.40. The molecule has 60 heavy (non-hydrogen) atoms. The number of carbonyl (C=O) groups is 1. The minimum atomic E-state index is -4.77. The number of nitrogens with zero attached hydrogens (tertiary/aromatic N) is 7. The molecule has 0 bridgehead atoms. The van der Waals surface area contributed by atoms with Gasteiger partial charge in [0.1, 0.15) is 32.6 Å². The van der Waals surface area contributed by atoms with Crippen LogP contribution >= 0.6 is 22.6 Å². The lowest BCUT2D eigenvalue weighted by Gasteiger charge is -2.29. The van der Waals surface area contributed by atoms with Gasteiger partial charge in [0.05, 0.1) is 33.4 Å². The maximum Gasteiger partial charge on any atom is 0.410 e. The van der Waals surface area contributed by atoms with E-state index in [1.165, 1.54) is 41.2 Å². The normalized spacial score (nSPS) is 14.8. The first kappa shape index (κ1) is 44.7. The van der Waals surface area contributed by atoms with Gasteiger partial charge in [-0.15, -0.1) is 5.10 Å². The molecule has 1 saturated heterocycles. The number of halogens is 1. The second kappa shape index (κ2) is 18.4. The number of tetrazole rings is 1. The molecule has 1 atom stereocenters. The van der Waals surface area contributed by atoms with Crippen molar-refractivity contribution in [2.75, 3.05) is 41.5 Å². The van der Waals surface area contributed by atoms with Crippen LogP contribution in [0.3, 0.4) is 0 Å². The summed E-state index contributed by atoms with van der Waals surface area (Å²) in [5.41, 5.74) is 1.29. The summed E-state index contributed by atoms with van der Waals surface area (Å²) < 4.78 is 87.3. The van der Waals surface area contributed by atoms with Crippen LogP contribution < -0.4 is 14.2 Å². The topological polar surface area (TPSA) is 176 Å². The van der Waals surface area contributed by atoms with Gasteiger partial charge in [-0.2, -0.15) is 8.61 Å². The van der Waals surface area contributed by atoms with Gasteiger partial charge in [-0.25, -0.2) is 26.3 Å². The summed E-state index contributed by atoms with van der Waals surface area (Å²) in [4.78, 5) is 13.5. The molecule has 320 valence electrons. The monoisotopic (exact) mass is 973 g/mol. The van der Waals surface area contributed by atoms with E-state index in [0.29, 0.717) is 38.4 Å². The number of hydrogen-bond acceptors (Lipinski definition) is 12. The standard InChI is InChI=1S/C41H48IN7O9S2/c1-41(2,3)58-40(50)47-23-22-31(27-47)46(4)59(51,52)36-21-20-35(42)37(39-43-44-45-49(39)26-30-12-18-34(57-7)19-13-30)38(36)60(53,54)48(24-28-8-14-32(55-5)15-9-28)25-29-10-16-33(56-6)17-11-29/h8-21,31H,22-27H2,1-7H3/t31-/m0/s1. The largest absolute Gasteiger partial charge is 0.497 e. The van der Waals surface area contributed by atoms with Gasteiger partial charge in [-0.3, -0.25) is 0 Å². The van der Waals surface area contributed by atoms with Crippen LogP contribution in [0.2, 0.25) is 0 Å². The quantitative estimate of drug-likeness (QED) is 0.112. The molecule has 19 heteroatoms. The molecule has 1 aromatic heterocycles. The number of sulfonamides is 2. The van der Waals surface area contributed by atoms with Gasteiger partial charge in [0.25, 0.3) is 0 Å². The molecule has 5 aromatic rings. The van der Waals surface area contributed by atoms with Crippen molar-refractivity contribution >= 4 is 48.7 Å². The number of hydrogen-bond donors (Lipinski definition) is 0. The number of likely N-dealkylation sites (tertiary alicyclic amines) is 1. The average Bonchev–Trinajstić information content (AvgIpc) is 3.91. The van der Waals surface area contributed by atoms with Gasteiger partial charge in [0, 0.05) is 42.8 Å². The second-order valence-electron chi connectivity index (χ2n) is 15.1. The van der Waals surface area contributed by atoms with Crippen LogP contribution in [0.25, 0.3) is 11.4 Å². The fraction of sp³-hybridized carbons (Fsp3) is 0.366. The van der Waals surface area contributed by atoms with Crippen LogP contribution in [0.15, 0.2) is 94.7 Å². The maximum absolute atomic E-state index is 15.7. The lowest BCUT2D eigenvalue weighted by molar-refractivity contribution is 0.0287. The van der Waals surface area contributed by atoms with Crippen LogP contribution in [0, 0.1) is 3.57 Å². The molecule has 4 aromatic carbocycles. The Bertz CT molecular complexity index is 2460. The number of ether oxygens (including phenoxy) is 4. The molecule has 2 heterocycles. The first-order valence-corrected chi connectivity index (χ1v) is 22.8. The Morgan fingerprint density at radius 1 is 0.783 bits per heavy atom. The van der Waals surface area contributed by atoms with Gasteiger partial charge in [0.2, 0.25) is 20.0 Å². The number of methoxy groups -OCH3 is 3. The predicted octanol–water partition coefficient (Wildman–Crippen LogP) is 6.04. The highest BCUT2D eigenvalue weighted by Gasteiger charge is 2.42. The molecule has 1 aliphatic rings. The Morgan fingerprint density at radius 3 is 1.80 bits per heavy atom. The van der Waals surface area contributed by atoms with E-state index in [1.807, 2.05) is 34.7 Å². The summed E-state index contributed by atoms with van der Waals surface area (Å²) in [5, 5.41) is 12.5. The van der Waals surface area contributed by atoms with Gasteiger partial charge in [0.15, 0.2) is 5.82 Å². The smallest absolute Gasteiger partial charge is 0.410 e. The van der Waals surface area contributed by atoms with Crippen molar-refractivity contribution in [3.63, 3.8) is 0 Å². The molecule has 0 N–H and O–H groups in total. The second-order valence-corrected chi connectivity index (χ2v) is 20.1. The number of amides is 1. The maximum atomic E-state index is 15.7. The third-order valence-electron chi connectivity index (χ3n) is 9.94. The fourth-order valence-corrected chi connectivity index (χ4v) is 11.3. The van der Waals surface area contributed by atoms with Crippen molar-refractivity contribution in [3.05, 3.63) is 105 Å². The Labute approximate surface area is 364 Å². The molecule has 16 nitrogen and oxygen atoms in total. The summed E-state index contributed by atoms with van der Waals surface area (Å²) in [5.74, 6) is 1.85. The summed E-state index contributed by atoms with van der Waals surface area (Å²) >= 11 is 1.99. The van der Waals surface area contributed by atoms with Crippen LogP contribution in [-0.2, 0) is 44.4 Å². The SMILES string of the molecule is COc1ccc(CN(Cc2ccc(OC)cc2)S(=O)(=O)c2c(S(=O)(=O)N(C)[C@H]3CCN(C(=O)OC(C)(C)C)C3)ccc(I)c2-c2nnnn2Cc2ccc(OC)cc2)cc1. The lowest BCUT2D eigenvalue weighted by Crippen LogP contribution is -2.42. The third-order valence-corrected chi connectivity index (χ3v) is 14.8. The van der Waals surface area contributed by atoms with Gasteiger partial charge >= 0.3 is 6.09 Å². The van der Waals surface area contributed by atoms with E-state index in [9.17, 15) is 4.79 Å². The Kier molecular flexibility index (Phi) is 13.7. The Balaban J connectivity index is 1.52. The lowest BCUT2D eigenvalue weighted by atomic mass is 10.2. The van der Waals surface area contributed by atoms with Crippen molar-refractivity contribution in [3.8, 4) is 28.6 Å². The van der Waals surface area contributed by atoms with Crippen LogP contribution in [0.1, 0.15) is 43.9 Å². The van der Waals surface area contributed by atoms with Crippen molar-refractivity contribution in [1.82, 2.24) is 33.7 Å². The average molecular weight is 974 g/mol. The van der Waals surface area contributed by atoms with Gasteiger partial charge < -0.3 is 23.8 Å². The van der Waals surface area contributed by atoms with E-state index in [2.05, 4.69) is 15.5 Å². The molecule has 0 saturated carbocycles. The van der Waals surface area contributed by atoms with Crippen LogP contribution in [-0.4, -0.2) is 110 Å². The van der Waals surface area contributed by atoms with Gasteiger partial charge in [-0.1, -0.05) is 36.4 Å². The number of benzene rings is 4. The molecule has 0 unspecified atom stereocenters. The molecule has 1 fully saturated rings. The van der Waals surface area contributed by atoms with E-state index >= 15 is 16.8 Å². The van der Waals surface area contributed by atoms with E-state index in [0.717, 1.165) is 9.87 Å². The summed E-state index contributed by atoms with van der Waals surface area (Å²) in [6.45, 7) is 5.42. The molecule has 0 radical (unpaired) electrons. The van der Waals surface area contributed by atoms with Crippen LogP contribution in [0.5, 0.6) is 17.2 Å². The first-order valence-electron chi connectivity index (χ1n) is 18.9. The molecule has 0 spiro atoms. The zero-order valence-electron chi connectivity index (χ0n) is 34.4. The first-order chi connectivity index (χ1) is 28.4. The van der Waals surface area contributed by atoms with Crippen molar-refractivity contribution in [2.45, 2.75) is 68.3 Å². The minimum Gasteiger partial charge on any atom is -0.497 e. The predicted molar refractivity (Wildman–Crippen MR) is 232 cm³/mol. The zero-order chi connectivity index (χ0) is 43.4. The third kappa shape index (κ3) is 10.0. The summed E-state index contributed by atoms with van der Waals surface area (Å²) in [6, 6.07) is 23.3. The van der Waals surface area contributed by atoms with Crippen molar-refractivity contribution < 1.29 is 40.6 Å². The van der Waals surface area contributed by atoms with Crippen molar-refractivity contribution in [2.24, 2.45) is 0 Å². The molecular formula is C41H48IN7O9S2. The highest BCUT2D eigenvalue weighted by atomic mass is 127. The number of carbonyl (C=O) groups excluding carboxylic acids is 1. The molecule has 1 amide bonds. The number of likely N-dealkylation sites (N-methyl/N-ethyl adjacent to an activating group) is 1. The van der Waals surface area contributed by atoms with Crippen molar-refractivity contribution in [1.29, 1.82) is 0 Å². The summed E-state index contributed by atoms with van der Waals surface area (Å²) in [6.07, 6.45) is -0.262. The van der Waals surface area contributed by atoms with E-state index in [-0.39, 0.29) is 44.1 Å². The minimum absolute atomic E-state index is 0.0138. The van der Waals surface area contributed by atoms with E-state index in [1.54, 1.807) is 94.6 Å². The van der Waals surface area contributed by atoms with Gasteiger partial charge in [-0.05, 0) is 125 Å². The highest BCUT2D eigenvalue weighted by molar-refractivity contribution is 14.1. The number of aromatic nitrogens is 4. The summed E-state index contributed by atoms with van der Waals surface area (Å²) in [7, 11) is -3.35. The molecule has 6 rings (SSSR count). The Hall–Kier alpha value is -4.83. The number of rotatable bonds is 15. The fourth-order valence-electron chi connectivity index (χ4n) is 6.71. The van der Waals surface area contributed by atoms with E-state index < -0.39 is 47.6 Å². The molecule has 1 aliphatic heterocycles.